The van der Waals surface area contributed by atoms with E-state index in [0.29, 0.717) is 19.8 Å². The van der Waals surface area contributed by atoms with E-state index >= 15 is 0 Å². The van der Waals surface area contributed by atoms with E-state index in [9.17, 15) is 9.59 Å². The number of rotatable bonds is 2. The molecule has 6 rings (SSSR count). The third-order valence-electron chi connectivity index (χ3n) is 7.14. The molecular weight excluding hydrogens is 380 g/mol. The first-order chi connectivity index (χ1) is 14.6. The Morgan fingerprint density at radius 3 is 2.90 bits per heavy atom. The highest BCUT2D eigenvalue weighted by Crippen LogP contribution is 2.54. The van der Waals surface area contributed by atoms with Crippen molar-refractivity contribution in [3.8, 4) is 11.5 Å². The van der Waals surface area contributed by atoms with Gasteiger partial charge in [-0.25, -0.2) is 0 Å². The molecule has 0 bridgehead atoms. The van der Waals surface area contributed by atoms with Crippen molar-refractivity contribution in [1.29, 1.82) is 0 Å². The number of ether oxygens (including phenoxy) is 2. The van der Waals surface area contributed by atoms with Gasteiger partial charge < -0.3 is 19.3 Å². The highest BCUT2D eigenvalue weighted by molar-refractivity contribution is 6.11. The SMILES string of the molecule is CC(=O)N1CCCC1CN1C(=O)C2(COc3cc4c(cc32)CCO4)c2ccccc21. The van der Waals surface area contributed by atoms with Gasteiger partial charge in [0, 0.05) is 49.8 Å². The normalized spacial score (nSPS) is 25.9. The zero-order chi connectivity index (χ0) is 20.5. The van der Waals surface area contributed by atoms with E-state index in [0.717, 1.165) is 59.7 Å². The number of carbonyl (C=O) groups excluding carboxylic acids is 2. The number of hydrogen-bond donors (Lipinski definition) is 0. The van der Waals surface area contributed by atoms with Gasteiger partial charge in [-0.15, -0.1) is 0 Å². The highest BCUT2D eigenvalue weighted by atomic mass is 16.5. The Balaban J connectivity index is 1.45. The van der Waals surface area contributed by atoms with Crippen LogP contribution in [-0.2, 0) is 21.4 Å². The summed E-state index contributed by atoms with van der Waals surface area (Å²) in [4.78, 5) is 29.9. The van der Waals surface area contributed by atoms with E-state index in [4.69, 9.17) is 9.47 Å². The van der Waals surface area contributed by atoms with E-state index in [1.165, 1.54) is 0 Å². The molecule has 2 aromatic rings. The summed E-state index contributed by atoms with van der Waals surface area (Å²) in [5.41, 5.74) is 3.21. The molecule has 4 heterocycles. The standard InChI is InChI=1S/C24H24N2O4/c1-15(27)25-9-4-5-17(25)13-26-20-7-3-2-6-18(20)24(23(26)28)14-30-22-12-21-16(8-10-29-21)11-19(22)24/h2-3,6-7,11-12,17H,4-5,8-10,13-14H2,1H3. The molecule has 2 aromatic carbocycles. The van der Waals surface area contributed by atoms with Gasteiger partial charge in [-0.2, -0.15) is 0 Å². The van der Waals surface area contributed by atoms with Gasteiger partial charge in [-0.05, 0) is 36.1 Å². The lowest BCUT2D eigenvalue weighted by molar-refractivity contribution is -0.130. The fraction of sp³-hybridized carbons (Fsp3) is 0.417. The molecule has 1 fully saturated rings. The number of likely N-dealkylation sites (tertiary alicyclic amines) is 1. The van der Waals surface area contributed by atoms with Crippen molar-refractivity contribution in [2.75, 3.05) is 31.2 Å². The molecule has 2 atom stereocenters. The van der Waals surface area contributed by atoms with Crippen molar-refractivity contribution in [3.05, 3.63) is 53.1 Å². The van der Waals surface area contributed by atoms with Crippen molar-refractivity contribution in [2.24, 2.45) is 0 Å². The molecule has 2 amide bonds. The van der Waals surface area contributed by atoms with Crippen LogP contribution in [0.25, 0.3) is 0 Å². The maximum Gasteiger partial charge on any atom is 0.245 e. The van der Waals surface area contributed by atoms with E-state index in [1.54, 1.807) is 6.92 Å². The number of carbonyl (C=O) groups is 2. The van der Waals surface area contributed by atoms with Crippen LogP contribution in [0.1, 0.15) is 36.5 Å². The minimum absolute atomic E-state index is 0.0525. The summed E-state index contributed by atoms with van der Waals surface area (Å²) < 4.78 is 11.8. The van der Waals surface area contributed by atoms with Gasteiger partial charge >= 0.3 is 0 Å². The molecule has 0 saturated carbocycles. The number of nitrogens with zero attached hydrogens (tertiary/aromatic N) is 2. The average Bonchev–Trinajstić information content (AvgIpc) is 3.51. The van der Waals surface area contributed by atoms with Crippen LogP contribution in [0.3, 0.4) is 0 Å². The second-order valence-electron chi connectivity index (χ2n) is 8.69. The van der Waals surface area contributed by atoms with Crippen molar-refractivity contribution in [3.63, 3.8) is 0 Å². The summed E-state index contributed by atoms with van der Waals surface area (Å²) in [6.07, 6.45) is 2.77. The van der Waals surface area contributed by atoms with Gasteiger partial charge in [0.1, 0.15) is 23.5 Å². The molecular formula is C24H24N2O4. The molecule has 6 heteroatoms. The summed E-state index contributed by atoms with van der Waals surface area (Å²) in [6.45, 7) is 3.89. The lowest BCUT2D eigenvalue weighted by Crippen LogP contribution is -2.48. The number of benzene rings is 2. The van der Waals surface area contributed by atoms with E-state index in [1.807, 2.05) is 40.1 Å². The van der Waals surface area contributed by atoms with Gasteiger partial charge in [-0.3, -0.25) is 9.59 Å². The summed E-state index contributed by atoms with van der Waals surface area (Å²) in [5, 5.41) is 0. The maximum absolute atomic E-state index is 14.0. The van der Waals surface area contributed by atoms with E-state index < -0.39 is 5.41 Å². The molecule has 1 spiro atoms. The van der Waals surface area contributed by atoms with Crippen LogP contribution in [-0.4, -0.2) is 49.1 Å². The molecule has 4 aliphatic heterocycles. The molecule has 0 aromatic heterocycles. The van der Waals surface area contributed by atoms with Crippen LogP contribution >= 0.6 is 0 Å². The largest absolute Gasteiger partial charge is 0.493 e. The molecule has 2 unspecified atom stereocenters. The Kier molecular flexibility index (Phi) is 3.70. The Morgan fingerprint density at radius 2 is 2.03 bits per heavy atom. The number of para-hydroxylation sites is 1. The number of fused-ring (bicyclic) bond motifs is 5. The predicted molar refractivity (Wildman–Crippen MR) is 111 cm³/mol. The Hall–Kier alpha value is -3.02. The first-order valence-electron chi connectivity index (χ1n) is 10.7. The summed E-state index contributed by atoms with van der Waals surface area (Å²) in [7, 11) is 0. The fourth-order valence-corrected chi connectivity index (χ4v) is 5.68. The van der Waals surface area contributed by atoms with Crippen LogP contribution in [0.5, 0.6) is 11.5 Å². The first kappa shape index (κ1) is 17.8. The second-order valence-corrected chi connectivity index (χ2v) is 8.69. The molecule has 4 aliphatic rings. The van der Waals surface area contributed by atoms with Crippen molar-refractivity contribution < 1.29 is 19.1 Å². The lowest BCUT2D eigenvalue weighted by atomic mass is 9.76. The van der Waals surface area contributed by atoms with Gasteiger partial charge in [0.05, 0.1) is 6.61 Å². The monoisotopic (exact) mass is 404 g/mol. The maximum atomic E-state index is 14.0. The topological polar surface area (TPSA) is 59.1 Å². The average molecular weight is 404 g/mol. The van der Waals surface area contributed by atoms with E-state index in [2.05, 4.69) is 6.07 Å². The number of anilines is 1. The van der Waals surface area contributed by atoms with Crippen LogP contribution in [0, 0.1) is 0 Å². The van der Waals surface area contributed by atoms with Crippen LogP contribution < -0.4 is 14.4 Å². The Bertz CT molecular complexity index is 1080. The molecule has 0 N–H and O–H groups in total. The summed E-state index contributed by atoms with van der Waals surface area (Å²) in [5.74, 6) is 1.74. The molecule has 154 valence electrons. The number of amides is 2. The van der Waals surface area contributed by atoms with Crippen LogP contribution in [0.4, 0.5) is 5.69 Å². The van der Waals surface area contributed by atoms with Crippen LogP contribution in [0.15, 0.2) is 36.4 Å². The third-order valence-corrected chi connectivity index (χ3v) is 7.14. The predicted octanol–water partition coefficient (Wildman–Crippen LogP) is 2.66. The molecule has 1 saturated heterocycles. The molecule has 30 heavy (non-hydrogen) atoms. The van der Waals surface area contributed by atoms with Crippen molar-refractivity contribution >= 4 is 17.5 Å². The lowest BCUT2D eigenvalue weighted by Gasteiger charge is -2.29. The Morgan fingerprint density at radius 1 is 1.17 bits per heavy atom. The summed E-state index contributed by atoms with van der Waals surface area (Å²) in [6, 6.07) is 12.1. The second kappa shape index (κ2) is 6.24. The van der Waals surface area contributed by atoms with E-state index in [-0.39, 0.29) is 17.9 Å². The Labute approximate surface area is 175 Å². The minimum Gasteiger partial charge on any atom is -0.493 e. The van der Waals surface area contributed by atoms with Crippen molar-refractivity contribution in [2.45, 2.75) is 37.6 Å². The van der Waals surface area contributed by atoms with Gasteiger partial charge in [-0.1, -0.05) is 18.2 Å². The smallest absolute Gasteiger partial charge is 0.245 e. The summed E-state index contributed by atoms with van der Waals surface area (Å²) >= 11 is 0. The fourth-order valence-electron chi connectivity index (χ4n) is 5.68. The number of hydrogen-bond acceptors (Lipinski definition) is 4. The van der Waals surface area contributed by atoms with Gasteiger partial charge in [0.2, 0.25) is 11.8 Å². The molecule has 0 radical (unpaired) electrons. The highest BCUT2D eigenvalue weighted by Gasteiger charge is 2.57. The van der Waals surface area contributed by atoms with Gasteiger partial charge in [0.25, 0.3) is 0 Å². The third kappa shape index (κ3) is 2.25. The minimum atomic E-state index is -0.816. The van der Waals surface area contributed by atoms with Crippen LogP contribution in [0.2, 0.25) is 0 Å². The first-order valence-corrected chi connectivity index (χ1v) is 10.7. The molecule has 0 aliphatic carbocycles. The zero-order valence-corrected chi connectivity index (χ0v) is 17.0. The zero-order valence-electron chi connectivity index (χ0n) is 17.0. The van der Waals surface area contributed by atoms with Gasteiger partial charge in [0.15, 0.2) is 0 Å². The molecule has 6 nitrogen and oxygen atoms in total. The van der Waals surface area contributed by atoms with Crippen molar-refractivity contribution in [1.82, 2.24) is 4.90 Å². The quantitative estimate of drug-likeness (QED) is 0.772.